The molecule has 8 heteroatoms. The van der Waals surface area contributed by atoms with Gasteiger partial charge in [-0.1, -0.05) is 31.9 Å². The molecular formula is C24H29Br2NO5. The average Bonchev–Trinajstić information content (AvgIpc) is 2.66. The van der Waals surface area contributed by atoms with Gasteiger partial charge < -0.3 is 15.2 Å². The Bertz CT molecular complexity index is 980. The summed E-state index contributed by atoms with van der Waals surface area (Å²) in [6, 6.07) is 6.91. The van der Waals surface area contributed by atoms with E-state index in [1.54, 1.807) is 45.0 Å². The molecule has 2 aromatic rings. The van der Waals surface area contributed by atoms with Gasteiger partial charge in [-0.2, -0.15) is 0 Å². The fraction of sp³-hybridized carbons (Fsp3) is 0.375. The molecule has 2 N–H and O–H groups in total. The van der Waals surface area contributed by atoms with Crippen LogP contribution >= 0.6 is 31.9 Å². The minimum absolute atomic E-state index is 0.0740. The third-order valence-electron chi connectivity index (χ3n) is 4.23. The highest BCUT2D eigenvalue weighted by Gasteiger charge is 2.17. The maximum Gasteiger partial charge on any atom is 0.408 e. The van der Waals surface area contributed by atoms with Crippen molar-refractivity contribution in [3.8, 4) is 0 Å². The van der Waals surface area contributed by atoms with E-state index in [1.165, 1.54) is 0 Å². The van der Waals surface area contributed by atoms with E-state index in [-0.39, 0.29) is 12.3 Å². The zero-order valence-electron chi connectivity index (χ0n) is 19.4. The van der Waals surface area contributed by atoms with Crippen LogP contribution in [0.15, 0.2) is 33.2 Å². The number of carbonyl (C=O) groups is 3. The molecule has 1 amide bonds. The first-order valence-corrected chi connectivity index (χ1v) is 11.5. The lowest BCUT2D eigenvalue weighted by atomic mass is 10.0. The number of ether oxygens (including phenoxy) is 1. The maximum absolute atomic E-state index is 12.0. The molecule has 2 aromatic carbocycles. The Hall–Kier alpha value is -2.19. The number of alkyl carbamates (subject to hydrolysis) is 1. The van der Waals surface area contributed by atoms with E-state index < -0.39 is 17.7 Å². The first kappa shape index (κ1) is 27.8. The van der Waals surface area contributed by atoms with E-state index in [0.717, 1.165) is 31.2 Å². The Labute approximate surface area is 206 Å². The fourth-order valence-electron chi connectivity index (χ4n) is 2.74. The minimum atomic E-state index is -0.881. The number of ketones is 1. The number of aromatic carboxylic acids is 1. The predicted molar refractivity (Wildman–Crippen MR) is 133 cm³/mol. The predicted octanol–water partition coefficient (Wildman–Crippen LogP) is 6.54. The van der Waals surface area contributed by atoms with Gasteiger partial charge in [-0.3, -0.25) is 4.79 Å². The Kier molecular flexibility index (Phi) is 10.1. The molecule has 2 rings (SSSR count). The molecule has 0 atom stereocenters. The van der Waals surface area contributed by atoms with E-state index in [1.807, 2.05) is 27.7 Å². The van der Waals surface area contributed by atoms with Crippen LogP contribution in [0.1, 0.15) is 63.7 Å². The number of carboxylic acid groups (broad SMARTS) is 1. The zero-order chi connectivity index (χ0) is 24.8. The van der Waals surface area contributed by atoms with Gasteiger partial charge in [0.1, 0.15) is 5.60 Å². The topological polar surface area (TPSA) is 92.7 Å². The molecule has 174 valence electrons. The zero-order valence-corrected chi connectivity index (χ0v) is 22.5. The van der Waals surface area contributed by atoms with Crippen LogP contribution in [0.25, 0.3) is 0 Å². The number of halogens is 2. The van der Waals surface area contributed by atoms with Crippen molar-refractivity contribution < 1.29 is 24.2 Å². The lowest BCUT2D eigenvalue weighted by molar-refractivity contribution is 0.0520. The molecule has 0 saturated heterocycles. The molecule has 0 aliphatic heterocycles. The standard InChI is InChI=1S/C15H20BrNO3.C9H9BrO2/c1-9-6-11(7-10(2)13(9)16)12(18)8-17-14(19)20-15(3,4)5;1-5-3-7(9(11)12)4-6(2)8(5)10/h6-7H,8H2,1-5H3,(H,17,19);3-4H,1-2H3,(H,11,12). The number of hydrogen-bond acceptors (Lipinski definition) is 4. The van der Waals surface area contributed by atoms with Crippen LogP contribution in [0.3, 0.4) is 0 Å². The summed E-state index contributed by atoms with van der Waals surface area (Å²) in [6.45, 7) is 12.9. The van der Waals surface area contributed by atoms with E-state index in [4.69, 9.17) is 9.84 Å². The number of aryl methyl sites for hydroxylation is 4. The minimum Gasteiger partial charge on any atom is -0.478 e. The molecule has 0 heterocycles. The normalized spacial score (nSPS) is 10.7. The molecule has 0 aliphatic rings. The third kappa shape index (κ3) is 8.74. The molecule has 6 nitrogen and oxygen atoms in total. The average molecular weight is 571 g/mol. The Morgan fingerprint density at radius 3 is 1.56 bits per heavy atom. The van der Waals surface area contributed by atoms with Crippen LogP contribution in [0.5, 0.6) is 0 Å². The van der Waals surface area contributed by atoms with Crippen LogP contribution in [-0.4, -0.2) is 35.1 Å². The third-order valence-corrected chi connectivity index (χ3v) is 6.74. The summed E-state index contributed by atoms with van der Waals surface area (Å²) in [7, 11) is 0. The molecule has 0 bridgehead atoms. The van der Waals surface area contributed by atoms with Crippen LogP contribution in [0.2, 0.25) is 0 Å². The molecule has 0 aliphatic carbocycles. The Morgan fingerprint density at radius 1 is 0.844 bits per heavy atom. The number of carboxylic acids is 1. The number of benzene rings is 2. The summed E-state index contributed by atoms with van der Waals surface area (Å²) in [5.41, 5.74) is 4.24. The van der Waals surface area contributed by atoms with Crippen LogP contribution in [0.4, 0.5) is 4.79 Å². The second-order valence-corrected chi connectivity index (χ2v) is 10.0. The molecule has 0 spiro atoms. The first-order valence-electron chi connectivity index (χ1n) is 9.89. The van der Waals surface area contributed by atoms with Crippen molar-refractivity contribution in [3.05, 3.63) is 66.6 Å². The second kappa shape index (κ2) is 11.6. The number of nitrogens with one attached hydrogen (secondary N) is 1. The van der Waals surface area contributed by atoms with Crippen molar-refractivity contribution in [2.75, 3.05) is 6.54 Å². The maximum atomic E-state index is 12.0. The van der Waals surface area contributed by atoms with Crippen molar-refractivity contribution in [3.63, 3.8) is 0 Å². The van der Waals surface area contributed by atoms with Gasteiger partial charge in [-0.15, -0.1) is 0 Å². The van der Waals surface area contributed by atoms with Gasteiger partial charge in [0.2, 0.25) is 0 Å². The van der Waals surface area contributed by atoms with Crippen molar-refractivity contribution in [2.24, 2.45) is 0 Å². The van der Waals surface area contributed by atoms with Crippen molar-refractivity contribution >= 4 is 49.7 Å². The Balaban J connectivity index is 0.000000363. The molecular weight excluding hydrogens is 542 g/mol. The highest BCUT2D eigenvalue weighted by Crippen LogP contribution is 2.23. The van der Waals surface area contributed by atoms with Gasteiger partial charge in [-0.25, -0.2) is 9.59 Å². The fourth-order valence-corrected chi connectivity index (χ4v) is 3.20. The van der Waals surface area contributed by atoms with Gasteiger partial charge in [0.15, 0.2) is 5.78 Å². The molecule has 32 heavy (non-hydrogen) atoms. The van der Waals surface area contributed by atoms with Crippen molar-refractivity contribution in [1.29, 1.82) is 0 Å². The molecule has 0 radical (unpaired) electrons. The van der Waals surface area contributed by atoms with Gasteiger partial charge >= 0.3 is 12.1 Å². The first-order chi connectivity index (χ1) is 14.6. The highest BCUT2D eigenvalue weighted by atomic mass is 79.9. The van der Waals surface area contributed by atoms with Crippen LogP contribution in [-0.2, 0) is 4.74 Å². The molecule has 0 fully saturated rings. The number of Topliss-reactive ketones (excluding diaryl/α,β-unsaturated/α-hetero) is 1. The van der Waals surface area contributed by atoms with Crippen LogP contribution < -0.4 is 5.32 Å². The van der Waals surface area contributed by atoms with Crippen molar-refractivity contribution in [2.45, 2.75) is 54.1 Å². The summed E-state index contributed by atoms with van der Waals surface area (Å²) in [5, 5.41) is 11.2. The number of carbonyl (C=O) groups excluding carboxylic acids is 2. The summed E-state index contributed by atoms with van der Waals surface area (Å²) < 4.78 is 7.05. The van der Waals surface area contributed by atoms with Crippen LogP contribution in [0, 0.1) is 27.7 Å². The van der Waals surface area contributed by atoms with Crippen molar-refractivity contribution in [1.82, 2.24) is 5.32 Å². The van der Waals surface area contributed by atoms with E-state index in [2.05, 4.69) is 37.2 Å². The molecule has 0 saturated carbocycles. The lowest BCUT2D eigenvalue weighted by Gasteiger charge is -2.19. The quantitative estimate of drug-likeness (QED) is 0.407. The molecule has 0 aromatic heterocycles. The number of hydrogen-bond donors (Lipinski definition) is 2. The van der Waals surface area contributed by atoms with Gasteiger partial charge in [0, 0.05) is 14.5 Å². The second-order valence-electron chi connectivity index (χ2n) is 8.43. The monoisotopic (exact) mass is 569 g/mol. The lowest BCUT2D eigenvalue weighted by Crippen LogP contribution is -2.35. The summed E-state index contributed by atoms with van der Waals surface area (Å²) in [6.07, 6.45) is -0.587. The summed E-state index contributed by atoms with van der Waals surface area (Å²) in [4.78, 5) is 34.1. The highest BCUT2D eigenvalue weighted by molar-refractivity contribution is 9.10. The van der Waals surface area contributed by atoms with Gasteiger partial charge in [0.05, 0.1) is 12.1 Å². The Morgan fingerprint density at radius 2 is 1.22 bits per heavy atom. The summed E-state index contributed by atoms with van der Waals surface area (Å²) in [5.74, 6) is -1.02. The van der Waals surface area contributed by atoms with E-state index in [0.29, 0.717) is 11.1 Å². The van der Waals surface area contributed by atoms with E-state index >= 15 is 0 Å². The summed E-state index contributed by atoms with van der Waals surface area (Å²) >= 11 is 6.83. The molecule has 0 unspecified atom stereocenters. The smallest absolute Gasteiger partial charge is 0.408 e. The largest absolute Gasteiger partial charge is 0.478 e. The van der Waals surface area contributed by atoms with Gasteiger partial charge in [-0.05, 0) is 95.0 Å². The van der Waals surface area contributed by atoms with Gasteiger partial charge in [0.25, 0.3) is 0 Å². The number of amides is 1. The van der Waals surface area contributed by atoms with E-state index in [9.17, 15) is 14.4 Å². The SMILES string of the molecule is Cc1cc(C(=O)CNC(=O)OC(C)(C)C)cc(C)c1Br.Cc1cc(C(=O)O)cc(C)c1Br. The number of rotatable bonds is 4.